The Morgan fingerprint density at radius 1 is 0.879 bits per heavy atom. The molecule has 2 fully saturated rings. The van der Waals surface area contributed by atoms with E-state index in [0.29, 0.717) is 43.4 Å². The average molecular weight is 443 g/mol. The standard InChI is InChI=1S/C25H21N3O5/c29-24-25(18-8-2-5-11-21(18)33-22-12-6-3-9-19(22)25)23(27(24)26-13-15-32-16-14-26)17-7-1-4-10-20(17)28(30)31/h1-12,23H,13-16H2/t23-/m0/s1. The van der Waals surface area contributed by atoms with Crippen molar-refractivity contribution in [3.8, 4) is 11.5 Å². The third-order valence-electron chi connectivity index (χ3n) is 6.76. The molecule has 1 amide bonds. The number of morpholine rings is 1. The van der Waals surface area contributed by atoms with E-state index in [9.17, 15) is 14.9 Å². The Bertz CT molecular complexity index is 1220. The van der Waals surface area contributed by atoms with Crippen LogP contribution in [0, 0.1) is 10.1 Å². The van der Waals surface area contributed by atoms with E-state index in [1.54, 1.807) is 23.2 Å². The van der Waals surface area contributed by atoms with Gasteiger partial charge in [-0.15, -0.1) is 0 Å². The van der Waals surface area contributed by atoms with Crippen molar-refractivity contribution in [1.29, 1.82) is 0 Å². The Kier molecular flexibility index (Phi) is 4.46. The van der Waals surface area contributed by atoms with Gasteiger partial charge in [0.15, 0.2) is 0 Å². The van der Waals surface area contributed by atoms with Crippen LogP contribution in [0.1, 0.15) is 22.7 Å². The predicted molar refractivity (Wildman–Crippen MR) is 119 cm³/mol. The van der Waals surface area contributed by atoms with Crippen molar-refractivity contribution >= 4 is 11.6 Å². The second-order valence-corrected chi connectivity index (χ2v) is 8.34. The first-order valence-electron chi connectivity index (χ1n) is 10.9. The van der Waals surface area contributed by atoms with Crippen molar-refractivity contribution < 1.29 is 19.2 Å². The second-order valence-electron chi connectivity index (χ2n) is 8.34. The van der Waals surface area contributed by atoms with Crippen molar-refractivity contribution in [2.75, 3.05) is 26.3 Å². The summed E-state index contributed by atoms with van der Waals surface area (Å²) in [5.74, 6) is 1.07. The molecule has 2 saturated heterocycles. The molecule has 3 heterocycles. The minimum absolute atomic E-state index is 0.00547. The van der Waals surface area contributed by atoms with Gasteiger partial charge >= 0.3 is 0 Å². The summed E-state index contributed by atoms with van der Waals surface area (Å²) in [6, 6.07) is 21.0. The summed E-state index contributed by atoms with van der Waals surface area (Å²) in [5, 5.41) is 15.7. The van der Waals surface area contributed by atoms with Gasteiger partial charge in [0.05, 0.1) is 23.7 Å². The molecule has 166 valence electrons. The summed E-state index contributed by atoms with van der Waals surface area (Å²) >= 11 is 0. The van der Waals surface area contributed by atoms with Crippen LogP contribution in [0.4, 0.5) is 5.69 Å². The quantitative estimate of drug-likeness (QED) is 0.348. The van der Waals surface area contributed by atoms with Gasteiger partial charge in [0, 0.05) is 30.3 Å². The van der Waals surface area contributed by atoms with E-state index < -0.39 is 11.5 Å². The van der Waals surface area contributed by atoms with Crippen LogP contribution in [0.2, 0.25) is 0 Å². The summed E-state index contributed by atoms with van der Waals surface area (Å²) in [6.45, 7) is 2.07. The van der Waals surface area contributed by atoms with Crippen LogP contribution in [-0.4, -0.2) is 47.2 Å². The van der Waals surface area contributed by atoms with Crippen molar-refractivity contribution in [1.82, 2.24) is 10.0 Å². The number of amides is 1. The maximum atomic E-state index is 14.2. The minimum atomic E-state index is -1.13. The fraction of sp³-hybridized carbons (Fsp3) is 0.240. The van der Waals surface area contributed by atoms with Crippen LogP contribution in [0.3, 0.4) is 0 Å². The average Bonchev–Trinajstić information content (AvgIpc) is 2.86. The van der Waals surface area contributed by atoms with Crippen molar-refractivity contribution in [2.45, 2.75) is 11.5 Å². The number of rotatable bonds is 3. The van der Waals surface area contributed by atoms with Crippen LogP contribution >= 0.6 is 0 Å². The molecule has 0 aromatic heterocycles. The van der Waals surface area contributed by atoms with Gasteiger partial charge in [-0.1, -0.05) is 48.5 Å². The molecule has 0 saturated carbocycles. The zero-order chi connectivity index (χ0) is 22.6. The lowest BCUT2D eigenvalue weighted by Gasteiger charge is -2.60. The number of nitro benzene ring substituents is 1. The predicted octanol–water partition coefficient (Wildman–Crippen LogP) is 3.82. The first kappa shape index (κ1) is 19.9. The molecule has 0 bridgehead atoms. The molecule has 6 rings (SSSR count). The Morgan fingerprint density at radius 2 is 1.45 bits per heavy atom. The zero-order valence-corrected chi connectivity index (χ0v) is 17.7. The number of carbonyl (C=O) groups is 1. The Balaban J connectivity index is 1.64. The van der Waals surface area contributed by atoms with Gasteiger partial charge < -0.3 is 9.47 Å². The molecule has 8 nitrogen and oxygen atoms in total. The maximum Gasteiger partial charge on any atom is 0.274 e. The molecule has 0 aliphatic carbocycles. The monoisotopic (exact) mass is 443 g/mol. The van der Waals surface area contributed by atoms with Gasteiger partial charge in [-0.2, -0.15) is 0 Å². The number of hydrogen-bond acceptors (Lipinski definition) is 6. The van der Waals surface area contributed by atoms with Gasteiger partial charge in [0.1, 0.15) is 23.0 Å². The highest BCUT2D eigenvalue weighted by molar-refractivity contribution is 6.02. The van der Waals surface area contributed by atoms with Crippen molar-refractivity contribution in [3.05, 3.63) is 99.6 Å². The number of hydrogen-bond donors (Lipinski definition) is 0. The van der Waals surface area contributed by atoms with Crippen LogP contribution in [0.5, 0.6) is 11.5 Å². The summed E-state index contributed by atoms with van der Waals surface area (Å²) in [7, 11) is 0. The highest BCUT2D eigenvalue weighted by atomic mass is 16.6. The van der Waals surface area contributed by atoms with E-state index in [-0.39, 0.29) is 16.5 Å². The molecule has 1 atom stereocenters. The molecule has 8 heteroatoms. The molecule has 3 aliphatic rings. The number of nitrogens with zero attached hydrogens (tertiary/aromatic N) is 3. The molecule has 33 heavy (non-hydrogen) atoms. The van der Waals surface area contributed by atoms with Crippen LogP contribution in [0.25, 0.3) is 0 Å². The minimum Gasteiger partial charge on any atom is -0.457 e. The number of nitro groups is 1. The van der Waals surface area contributed by atoms with Crippen LogP contribution in [-0.2, 0) is 14.9 Å². The first-order valence-corrected chi connectivity index (χ1v) is 10.9. The van der Waals surface area contributed by atoms with Crippen molar-refractivity contribution in [2.24, 2.45) is 0 Å². The molecule has 1 spiro atoms. The molecule has 3 aliphatic heterocycles. The summed E-state index contributed by atoms with van der Waals surface area (Å²) in [6.07, 6.45) is 0. The lowest BCUT2D eigenvalue weighted by molar-refractivity contribution is -0.386. The third-order valence-corrected chi connectivity index (χ3v) is 6.76. The van der Waals surface area contributed by atoms with Gasteiger partial charge in [0.2, 0.25) is 0 Å². The van der Waals surface area contributed by atoms with E-state index in [1.807, 2.05) is 53.5 Å². The molecule has 0 unspecified atom stereocenters. The van der Waals surface area contributed by atoms with Gasteiger partial charge in [-0.25, -0.2) is 5.01 Å². The normalized spacial score (nSPS) is 21.0. The second kappa shape index (κ2) is 7.40. The lowest BCUT2D eigenvalue weighted by atomic mass is 9.59. The molecule has 0 radical (unpaired) electrons. The highest BCUT2D eigenvalue weighted by Gasteiger charge is 2.68. The molecule has 0 N–H and O–H groups in total. The largest absolute Gasteiger partial charge is 0.457 e. The van der Waals surface area contributed by atoms with Gasteiger partial charge in [-0.3, -0.25) is 19.9 Å². The van der Waals surface area contributed by atoms with E-state index in [1.165, 1.54) is 6.07 Å². The fourth-order valence-corrected chi connectivity index (χ4v) is 5.39. The Labute approximate surface area is 190 Å². The van der Waals surface area contributed by atoms with Gasteiger partial charge in [-0.05, 0) is 18.2 Å². The van der Waals surface area contributed by atoms with Crippen molar-refractivity contribution in [3.63, 3.8) is 0 Å². The number of β-lactam (4-membered cyclic amide) rings is 1. The van der Waals surface area contributed by atoms with E-state index in [2.05, 4.69) is 0 Å². The van der Waals surface area contributed by atoms with E-state index in [0.717, 1.165) is 11.1 Å². The molecular formula is C25H21N3O5. The topological polar surface area (TPSA) is 85.2 Å². The Hall–Kier alpha value is -3.75. The van der Waals surface area contributed by atoms with Gasteiger partial charge in [0.25, 0.3) is 11.6 Å². The lowest BCUT2D eigenvalue weighted by Crippen LogP contribution is -2.72. The summed E-state index contributed by atoms with van der Waals surface area (Å²) in [4.78, 5) is 25.9. The number of para-hydroxylation sites is 3. The number of fused-ring (bicyclic) bond motifs is 4. The molecular weight excluding hydrogens is 422 g/mol. The smallest absolute Gasteiger partial charge is 0.274 e. The number of ether oxygens (including phenoxy) is 2. The SMILES string of the molecule is O=C1N(N2CCOCC2)[C@@H](c2ccccc2[N+](=O)[O-])C12c1ccccc1Oc1ccccc12. The zero-order valence-electron chi connectivity index (χ0n) is 17.7. The fourth-order valence-electron chi connectivity index (χ4n) is 5.39. The number of hydrazine groups is 1. The van der Waals surface area contributed by atoms with Crippen LogP contribution < -0.4 is 4.74 Å². The number of carbonyl (C=O) groups excluding carboxylic acids is 1. The van der Waals surface area contributed by atoms with E-state index in [4.69, 9.17) is 9.47 Å². The third kappa shape index (κ3) is 2.68. The number of benzene rings is 3. The molecule has 3 aromatic carbocycles. The van der Waals surface area contributed by atoms with Crippen LogP contribution in [0.15, 0.2) is 72.8 Å². The molecule has 3 aromatic rings. The first-order chi connectivity index (χ1) is 16.1. The highest BCUT2D eigenvalue weighted by Crippen LogP contribution is 2.63. The Morgan fingerprint density at radius 3 is 2.09 bits per heavy atom. The maximum absolute atomic E-state index is 14.2. The van der Waals surface area contributed by atoms with E-state index >= 15 is 0 Å². The summed E-state index contributed by atoms with van der Waals surface area (Å²) < 4.78 is 11.7. The summed E-state index contributed by atoms with van der Waals surface area (Å²) in [5.41, 5.74) is 0.812.